The molecule has 0 aromatic heterocycles. The third-order valence-corrected chi connectivity index (χ3v) is 3.87. The Balaban J connectivity index is 1.95. The first kappa shape index (κ1) is 19.3. The van der Waals surface area contributed by atoms with Crippen molar-refractivity contribution in [2.75, 3.05) is 0 Å². The van der Waals surface area contributed by atoms with Crippen LogP contribution in [0.5, 0.6) is 11.5 Å². The van der Waals surface area contributed by atoms with E-state index in [9.17, 15) is 18.0 Å². The monoisotopic (exact) mass is 388 g/mol. The molecule has 144 valence electrons. The minimum atomic E-state index is -5.01. The lowest BCUT2D eigenvalue weighted by molar-refractivity contribution is -0.274. The number of hydrogen-bond acceptors (Lipinski definition) is 3. The molecule has 3 aromatic rings. The molecule has 0 radical (unpaired) electrons. The Bertz CT molecular complexity index is 969. The van der Waals surface area contributed by atoms with Crippen molar-refractivity contribution in [3.8, 4) is 22.6 Å². The van der Waals surface area contributed by atoms with Gasteiger partial charge in [-0.05, 0) is 29.3 Å². The van der Waals surface area contributed by atoms with Crippen LogP contribution in [-0.2, 0) is 6.61 Å². The summed E-state index contributed by atoms with van der Waals surface area (Å²) in [6, 6.07) is 19.7. The third-order valence-electron chi connectivity index (χ3n) is 3.87. The van der Waals surface area contributed by atoms with Crippen LogP contribution in [0.1, 0.15) is 15.9 Å². The van der Waals surface area contributed by atoms with E-state index in [0.717, 1.165) is 17.7 Å². The molecule has 0 aliphatic carbocycles. The molecule has 1 N–H and O–H groups in total. The van der Waals surface area contributed by atoms with Crippen LogP contribution >= 0.6 is 0 Å². The SMILES string of the molecule is O=C(O)c1ccc(-c2ccccc2OCc2ccccc2)cc1OC(F)(F)F. The molecule has 0 heterocycles. The normalized spacial score (nSPS) is 11.1. The summed E-state index contributed by atoms with van der Waals surface area (Å²) in [6.45, 7) is 0.275. The van der Waals surface area contributed by atoms with Crippen molar-refractivity contribution in [1.29, 1.82) is 0 Å². The number of aromatic carboxylic acids is 1. The number of carbonyl (C=O) groups is 1. The van der Waals surface area contributed by atoms with Crippen LogP contribution in [0.4, 0.5) is 13.2 Å². The molecule has 0 amide bonds. The lowest BCUT2D eigenvalue weighted by Gasteiger charge is -2.15. The molecule has 3 rings (SSSR count). The highest BCUT2D eigenvalue weighted by atomic mass is 19.4. The lowest BCUT2D eigenvalue weighted by Crippen LogP contribution is -2.19. The van der Waals surface area contributed by atoms with Crippen LogP contribution in [0, 0.1) is 0 Å². The molecule has 7 heteroatoms. The minimum Gasteiger partial charge on any atom is -0.488 e. The average Bonchev–Trinajstić information content (AvgIpc) is 2.66. The van der Waals surface area contributed by atoms with E-state index in [1.165, 1.54) is 6.07 Å². The van der Waals surface area contributed by atoms with Crippen LogP contribution < -0.4 is 9.47 Å². The van der Waals surface area contributed by atoms with Crippen LogP contribution in [0.3, 0.4) is 0 Å². The zero-order chi connectivity index (χ0) is 20.1. The van der Waals surface area contributed by atoms with E-state index < -0.39 is 23.6 Å². The Hall–Kier alpha value is -3.48. The number of ether oxygens (including phenoxy) is 2. The standard InChI is InChI=1S/C21H15F3O4/c22-21(23,24)28-19-12-15(10-11-17(19)20(25)26)16-8-4-5-9-18(16)27-13-14-6-2-1-3-7-14/h1-12H,13H2,(H,25,26). The van der Waals surface area contributed by atoms with E-state index in [4.69, 9.17) is 9.84 Å². The van der Waals surface area contributed by atoms with Crippen molar-refractivity contribution < 1.29 is 32.5 Å². The van der Waals surface area contributed by atoms with Crippen molar-refractivity contribution >= 4 is 5.97 Å². The van der Waals surface area contributed by atoms with Gasteiger partial charge in [0, 0.05) is 5.56 Å². The van der Waals surface area contributed by atoms with Gasteiger partial charge in [0.05, 0.1) is 0 Å². The second kappa shape index (κ2) is 8.04. The molecule has 0 spiro atoms. The maximum absolute atomic E-state index is 12.7. The number of carboxylic acids is 1. The highest BCUT2D eigenvalue weighted by Crippen LogP contribution is 2.35. The number of hydrogen-bond donors (Lipinski definition) is 1. The summed E-state index contributed by atoms with van der Waals surface area (Å²) in [4.78, 5) is 11.2. The maximum Gasteiger partial charge on any atom is 0.573 e. The van der Waals surface area contributed by atoms with Crippen LogP contribution in [0.25, 0.3) is 11.1 Å². The van der Waals surface area contributed by atoms with E-state index in [-0.39, 0.29) is 6.61 Å². The Morgan fingerprint density at radius 3 is 2.25 bits per heavy atom. The maximum atomic E-state index is 12.7. The van der Waals surface area contributed by atoms with E-state index in [1.54, 1.807) is 24.3 Å². The van der Waals surface area contributed by atoms with Crippen LogP contribution in [0.2, 0.25) is 0 Å². The van der Waals surface area contributed by atoms with Crippen molar-refractivity contribution in [1.82, 2.24) is 0 Å². The average molecular weight is 388 g/mol. The quantitative estimate of drug-likeness (QED) is 0.603. The zero-order valence-corrected chi connectivity index (χ0v) is 14.4. The molecule has 0 unspecified atom stereocenters. The van der Waals surface area contributed by atoms with Gasteiger partial charge >= 0.3 is 12.3 Å². The molecule has 0 bridgehead atoms. The van der Waals surface area contributed by atoms with Gasteiger partial charge in [-0.2, -0.15) is 0 Å². The van der Waals surface area contributed by atoms with Crippen molar-refractivity contribution in [3.63, 3.8) is 0 Å². The topological polar surface area (TPSA) is 55.8 Å². The molecular weight excluding hydrogens is 373 g/mol. The first-order valence-corrected chi connectivity index (χ1v) is 8.23. The van der Waals surface area contributed by atoms with Gasteiger partial charge in [-0.15, -0.1) is 13.2 Å². The van der Waals surface area contributed by atoms with Crippen molar-refractivity contribution in [2.45, 2.75) is 13.0 Å². The fourth-order valence-electron chi connectivity index (χ4n) is 2.64. The lowest BCUT2D eigenvalue weighted by atomic mass is 10.0. The molecule has 0 fully saturated rings. The third kappa shape index (κ3) is 4.82. The smallest absolute Gasteiger partial charge is 0.488 e. The van der Waals surface area contributed by atoms with Crippen LogP contribution in [0.15, 0.2) is 72.8 Å². The Kier molecular flexibility index (Phi) is 5.54. The van der Waals surface area contributed by atoms with E-state index >= 15 is 0 Å². The van der Waals surface area contributed by atoms with Gasteiger partial charge < -0.3 is 14.6 Å². The molecule has 28 heavy (non-hydrogen) atoms. The summed E-state index contributed by atoms with van der Waals surface area (Å²) in [5, 5.41) is 9.12. The summed E-state index contributed by atoms with van der Waals surface area (Å²) in [5.41, 5.74) is 1.21. The Labute approximate surface area is 158 Å². The van der Waals surface area contributed by atoms with E-state index in [1.807, 2.05) is 30.3 Å². The zero-order valence-electron chi connectivity index (χ0n) is 14.4. The molecule has 0 saturated heterocycles. The van der Waals surface area contributed by atoms with E-state index in [2.05, 4.69) is 4.74 Å². The summed E-state index contributed by atoms with van der Waals surface area (Å²) in [6.07, 6.45) is -5.01. The minimum absolute atomic E-state index is 0.275. The molecule has 0 atom stereocenters. The number of benzene rings is 3. The van der Waals surface area contributed by atoms with Gasteiger partial charge in [-0.1, -0.05) is 54.6 Å². The fourth-order valence-corrected chi connectivity index (χ4v) is 2.64. The Morgan fingerprint density at radius 1 is 0.893 bits per heavy atom. The first-order chi connectivity index (χ1) is 13.3. The second-order valence-corrected chi connectivity index (χ2v) is 5.83. The molecule has 0 aliphatic rings. The van der Waals surface area contributed by atoms with Crippen LogP contribution in [-0.4, -0.2) is 17.4 Å². The summed E-state index contributed by atoms with van der Waals surface area (Å²) in [7, 11) is 0. The highest BCUT2D eigenvalue weighted by Gasteiger charge is 2.33. The van der Waals surface area contributed by atoms with Gasteiger partial charge in [-0.25, -0.2) is 4.79 Å². The number of rotatable bonds is 6. The number of alkyl halides is 3. The fraction of sp³-hybridized carbons (Fsp3) is 0.0952. The van der Waals surface area contributed by atoms with Gasteiger partial charge in [-0.3, -0.25) is 0 Å². The number of para-hydroxylation sites is 1. The highest BCUT2D eigenvalue weighted by molar-refractivity contribution is 5.92. The predicted octanol–water partition coefficient (Wildman–Crippen LogP) is 5.53. The summed E-state index contributed by atoms with van der Waals surface area (Å²) >= 11 is 0. The molecule has 3 aromatic carbocycles. The van der Waals surface area contributed by atoms with Gasteiger partial charge in [0.1, 0.15) is 23.7 Å². The first-order valence-electron chi connectivity index (χ1n) is 8.23. The molecular formula is C21H15F3O4. The van der Waals surface area contributed by atoms with Gasteiger partial charge in [0.25, 0.3) is 0 Å². The summed E-state index contributed by atoms with van der Waals surface area (Å²) in [5.74, 6) is -1.85. The molecule has 0 aliphatic heterocycles. The number of carboxylic acid groups (broad SMARTS) is 1. The largest absolute Gasteiger partial charge is 0.573 e. The number of halogens is 3. The Morgan fingerprint density at radius 2 is 1.57 bits per heavy atom. The van der Waals surface area contributed by atoms with Gasteiger partial charge in [0.2, 0.25) is 0 Å². The van der Waals surface area contributed by atoms with Crippen molar-refractivity contribution in [3.05, 3.63) is 83.9 Å². The summed E-state index contributed by atoms with van der Waals surface area (Å²) < 4.78 is 47.7. The molecule has 4 nitrogen and oxygen atoms in total. The second-order valence-electron chi connectivity index (χ2n) is 5.83. The predicted molar refractivity (Wildman–Crippen MR) is 96.3 cm³/mol. The molecule has 0 saturated carbocycles. The van der Waals surface area contributed by atoms with Gasteiger partial charge in [0.15, 0.2) is 0 Å². The van der Waals surface area contributed by atoms with Crippen molar-refractivity contribution in [2.24, 2.45) is 0 Å². The van der Waals surface area contributed by atoms with E-state index in [0.29, 0.717) is 16.9 Å².